The summed E-state index contributed by atoms with van der Waals surface area (Å²) in [5.41, 5.74) is 13.0. The quantitative estimate of drug-likeness (QED) is 0.293. The first-order valence-corrected chi connectivity index (χ1v) is 9.31. The van der Waals surface area contributed by atoms with Crippen LogP contribution in [0.3, 0.4) is 0 Å². The Morgan fingerprint density at radius 1 is 1.23 bits per heavy atom. The summed E-state index contributed by atoms with van der Waals surface area (Å²) in [5, 5.41) is 12.0. The van der Waals surface area contributed by atoms with E-state index in [1.54, 1.807) is 18.2 Å². The van der Waals surface area contributed by atoms with E-state index in [0.717, 1.165) is 16.9 Å². The number of rotatable bonds is 6. The predicted octanol–water partition coefficient (Wildman–Crippen LogP) is -1.79. The Morgan fingerprint density at radius 3 is 2.53 bits per heavy atom. The van der Waals surface area contributed by atoms with Gasteiger partial charge in [-0.2, -0.15) is 0 Å². The summed E-state index contributed by atoms with van der Waals surface area (Å²) in [4.78, 5) is 31.6. The van der Waals surface area contributed by atoms with Crippen molar-refractivity contribution in [3.63, 3.8) is 0 Å². The zero-order chi connectivity index (χ0) is 21.3. The summed E-state index contributed by atoms with van der Waals surface area (Å²) in [7, 11) is 0. The van der Waals surface area contributed by atoms with Gasteiger partial charge in [0.05, 0.1) is 18.7 Å². The van der Waals surface area contributed by atoms with Gasteiger partial charge in [-0.25, -0.2) is 23.9 Å². The van der Waals surface area contributed by atoms with Crippen LogP contribution in [0.15, 0.2) is 18.2 Å². The third-order valence-corrected chi connectivity index (χ3v) is 4.86. The maximum atomic E-state index is 12.6. The van der Waals surface area contributed by atoms with E-state index in [4.69, 9.17) is 23.1 Å². The van der Waals surface area contributed by atoms with Crippen LogP contribution in [0.1, 0.15) is 40.5 Å². The highest BCUT2D eigenvalue weighted by Gasteiger charge is 2.25. The van der Waals surface area contributed by atoms with Gasteiger partial charge in [0.1, 0.15) is 6.54 Å². The van der Waals surface area contributed by atoms with Gasteiger partial charge >= 0.3 is 5.97 Å². The minimum Gasteiger partial charge on any atom is -1.00 e. The van der Waals surface area contributed by atoms with E-state index in [1.165, 1.54) is 0 Å². The van der Waals surface area contributed by atoms with Crippen LogP contribution in [0, 0.1) is 0 Å². The molecular weight excluding hydrogens is 478 g/mol. The van der Waals surface area contributed by atoms with Gasteiger partial charge < -0.3 is 38.9 Å². The summed E-state index contributed by atoms with van der Waals surface area (Å²) < 4.78 is 3.96. The Balaban J connectivity index is 0.00000320. The molecule has 1 aromatic carbocycles. The molecular formula is C18H21BrClN7O3. The van der Waals surface area contributed by atoms with Crippen molar-refractivity contribution in [1.29, 1.82) is 0 Å². The van der Waals surface area contributed by atoms with Gasteiger partial charge in [-0.15, -0.1) is 0 Å². The zero-order valence-corrected chi connectivity index (χ0v) is 18.7. The number of hydrogen-bond donors (Lipinski definition) is 4. The zero-order valence-electron chi connectivity index (χ0n) is 16.3. The Labute approximate surface area is 187 Å². The lowest BCUT2D eigenvalue weighted by Crippen LogP contribution is -3.00. The number of nitrogens with two attached hydrogens (primary N) is 2. The maximum Gasteiger partial charge on any atom is 0.335 e. The molecule has 0 saturated heterocycles. The molecule has 1 amide bonds. The van der Waals surface area contributed by atoms with Crippen molar-refractivity contribution < 1.29 is 36.2 Å². The number of hydrogen-bond acceptors (Lipinski definition) is 6. The maximum absolute atomic E-state index is 12.6. The average Bonchev–Trinajstić information content (AvgIpc) is 3.00. The van der Waals surface area contributed by atoms with Gasteiger partial charge in [-0.3, -0.25) is 4.79 Å². The van der Waals surface area contributed by atoms with Crippen molar-refractivity contribution in [3.05, 3.63) is 40.4 Å². The Kier molecular flexibility index (Phi) is 7.21. The molecule has 6 N–H and O–H groups in total. The molecule has 0 aliphatic rings. The van der Waals surface area contributed by atoms with E-state index in [2.05, 4.69) is 15.3 Å². The first-order valence-electron chi connectivity index (χ1n) is 8.93. The Morgan fingerprint density at radius 2 is 1.93 bits per heavy atom. The number of anilines is 2. The van der Waals surface area contributed by atoms with Crippen LogP contribution in [0.5, 0.6) is 0 Å². The second-order valence-electron chi connectivity index (χ2n) is 6.23. The second kappa shape index (κ2) is 9.26. The number of aromatic carboxylic acids is 1. The molecule has 2 aromatic heterocycles. The number of imidazole rings is 1. The van der Waals surface area contributed by atoms with E-state index in [1.807, 2.05) is 23.0 Å². The average molecular weight is 499 g/mol. The van der Waals surface area contributed by atoms with Crippen molar-refractivity contribution in [1.82, 2.24) is 19.9 Å². The number of halogens is 2. The van der Waals surface area contributed by atoms with Crippen LogP contribution in [0.25, 0.3) is 11.0 Å². The van der Waals surface area contributed by atoms with Crippen LogP contribution >= 0.6 is 11.6 Å². The van der Waals surface area contributed by atoms with Crippen LogP contribution in [0.4, 0.5) is 11.6 Å². The molecule has 0 unspecified atom stereocenters. The molecule has 0 aliphatic carbocycles. The van der Waals surface area contributed by atoms with Crippen LogP contribution in [-0.2, 0) is 19.6 Å². The summed E-state index contributed by atoms with van der Waals surface area (Å²) in [6, 6.07) is 4.96. The van der Waals surface area contributed by atoms with E-state index >= 15 is 0 Å². The van der Waals surface area contributed by atoms with Gasteiger partial charge in [-0.1, -0.05) is 11.6 Å². The fraction of sp³-hybridized carbons (Fsp3) is 0.278. The molecule has 10 nitrogen and oxygen atoms in total. The van der Waals surface area contributed by atoms with E-state index in [9.17, 15) is 14.7 Å². The highest BCUT2D eigenvalue weighted by Crippen LogP contribution is 2.19. The molecule has 3 aromatic rings. The van der Waals surface area contributed by atoms with Gasteiger partial charge in [0.25, 0.3) is 11.7 Å². The normalized spacial score (nSPS) is 10.6. The lowest BCUT2D eigenvalue weighted by molar-refractivity contribution is -0.676. The largest absolute Gasteiger partial charge is 1.00 e. The number of nitrogens with zero attached hydrogens (tertiary/aromatic N) is 4. The summed E-state index contributed by atoms with van der Waals surface area (Å²) in [6.07, 6.45) is 0. The molecule has 0 radical (unpaired) electrons. The number of nitrogen functional groups attached to an aromatic ring is 2. The summed E-state index contributed by atoms with van der Waals surface area (Å²) in [6.45, 7) is 5.31. The van der Waals surface area contributed by atoms with E-state index in [-0.39, 0.29) is 51.6 Å². The highest BCUT2D eigenvalue weighted by atomic mass is 79.9. The minimum absolute atomic E-state index is 0. The molecule has 0 spiro atoms. The van der Waals surface area contributed by atoms with E-state index in [0.29, 0.717) is 13.1 Å². The van der Waals surface area contributed by atoms with Crippen molar-refractivity contribution in [2.45, 2.75) is 33.5 Å². The number of benzene rings is 1. The summed E-state index contributed by atoms with van der Waals surface area (Å²) >= 11 is 5.85. The monoisotopic (exact) mass is 497 g/mol. The molecule has 3 rings (SSSR count). The van der Waals surface area contributed by atoms with Crippen LogP contribution in [-0.4, -0.2) is 31.5 Å². The lowest BCUT2D eigenvalue weighted by atomic mass is 10.2. The molecule has 160 valence electrons. The summed E-state index contributed by atoms with van der Waals surface area (Å²) in [5.74, 6) is -0.907. The van der Waals surface area contributed by atoms with Crippen LogP contribution in [0.2, 0.25) is 5.15 Å². The molecule has 0 atom stereocenters. The number of aryl methyl sites for hydroxylation is 2. The van der Waals surface area contributed by atoms with Crippen LogP contribution < -0.4 is 38.3 Å². The predicted molar refractivity (Wildman–Crippen MR) is 107 cm³/mol. The van der Waals surface area contributed by atoms with Gasteiger partial charge in [0.15, 0.2) is 33.5 Å². The number of carboxylic acid groups (broad SMARTS) is 1. The molecule has 0 fully saturated rings. The number of aromatic nitrogens is 4. The second-order valence-corrected chi connectivity index (χ2v) is 6.59. The Hall–Kier alpha value is -2.92. The molecule has 0 saturated carbocycles. The number of carboxylic acids is 1. The van der Waals surface area contributed by atoms with Crippen molar-refractivity contribution in [2.24, 2.45) is 0 Å². The van der Waals surface area contributed by atoms with Crippen molar-refractivity contribution in [3.8, 4) is 0 Å². The number of nitrogens with one attached hydrogen (secondary N) is 1. The van der Waals surface area contributed by atoms with Crippen molar-refractivity contribution >= 4 is 46.1 Å². The molecule has 12 heteroatoms. The molecule has 0 aliphatic heterocycles. The van der Waals surface area contributed by atoms with Gasteiger partial charge in [-0.05, 0) is 26.0 Å². The number of amides is 1. The topological polar surface area (TPSA) is 153 Å². The van der Waals surface area contributed by atoms with Crippen molar-refractivity contribution in [2.75, 3.05) is 11.5 Å². The van der Waals surface area contributed by atoms with Gasteiger partial charge in [0.2, 0.25) is 0 Å². The fourth-order valence-electron chi connectivity index (χ4n) is 3.27. The SMILES string of the molecule is CCn1c(CNC(=O)c2nc(Cl)c(N)nc2N)[n+](CC)c2ccc(C(=O)O)cc21.[Br-]. The van der Waals surface area contributed by atoms with Gasteiger partial charge in [0, 0.05) is 6.07 Å². The third-order valence-electron chi connectivity index (χ3n) is 4.59. The first kappa shape index (κ1) is 23.4. The smallest absolute Gasteiger partial charge is 0.335 e. The third kappa shape index (κ3) is 4.17. The fourth-order valence-corrected chi connectivity index (χ4v) is 3.40. The highest BCUT2D eigenvalue weighted by molar-refractivity contribution is 6.31. The number of carbonyl (C=O) groups excluding carboxylic acids is 1. The lowest BCUT2D eigenvalue weighted by Gasteiger charge is -2.08. The van der Waals surface area contributed by atoms with E-state index < -0.39 is 11.9 Å². The Bertz CT molecular complexity index is 1130. The standard InChI is InChI=1S/C18H20ClN7O3.BrH/c1-3-25-10-6-5-9(18(28)29)7-11(10)26(4-2)12(25)8-22-17(27)13-15(20)24-16(21)14(19)23-13;/h5-7H,3-4,8H2,1-2H3,(H5-,20,21,22,24,27,28,29);1H. The minimum atomic E-state index is -0.997. The molecule has 2 heterocycles. The molecule has 30 heavy (non-hydrogen) atoms. The molecule has 0 bridgehead atoms. The number of fused-ring (bicyclic) bond motifs is 1. The first-order chi connectivity index (χ1) is 13.8. The number of carbonyl (C=O) groups is 2.